The number of carbonyl (C=O) groups is 1. The van der Waals surface area contributed by atoms with Crippen LogP contribution in [0.3, 0.4) is 0 Å². The van der Waals surface area contributed by atoms with Crippen molar-refractivity contribution in [1.29, 1.82) is 0 Å². The van der Waals surface area contributed by atoms with Gasteiger partial charge in [0.25, 0.3) is 0 Å². The molecule has 0 atom stereocenters. The van der Waals surface area contributed by atoms with Crippen LogP contribution in [0.25, 0.3) is 0 Å². The zero-order valence-corrected chi connectivity index (χ0v) is 15.6. The van der Waals surface area contributed by atoms with Crippen LogP contribution in [0.4, 0.5) is 0 Å². The second kappa shape index (κ2) is 7.85. The molecule has 1 N–H and O–H groups in total. The van der Waals surface area contributed by atoms with Crippen LogP contribution in [0.5, 0.6) is 0 Å². The lowest BCUT2D eigenvalue weighted by Gasteiger charge is -2.32. The first-order chi connectivity index (χ1) is 12.0. The molecule has 1 amide bonds. The molecule has 0 spiro atoms. The van der Waals surface area contributed by atoms with Crippen molar-refractivity contribution < 1.29 is 13.2 Å². The molecule has 1 aromatic rings. The van der Waals surface area contributed by atoms with Crippen LogP contribution in [0.1, 0.15) is 31.2 Å². The van der Waals surface area contributed by atoms with Crippen LogP contribution >= 0.6 is 0 Å². The highest BCUT2D eigenvalue weighted by Crippen LogP contribution is 2.29. The van der Waals surface area contributed by atoms with Crippen molar-refractivity contribution in [2.24, 2.45) is 0 Å². The minimum atomic E-state index is -3.68. The van der Waals surface area contributed by atoms with Gasteiger partial charge in [-0.3, -0.25) is 4.79 Å². The third-order valence-electron chi connectivity index (χ3n) is 5.17. The lowest BCUT2D eigenvalue weighted by atomic mass is 10.2. The van der Waals surface area contributed by atoms with Gasteiger partial charge < -0.3 is 10.2 Å². The number of hydrogen-bond donors (Lipinski definition) is 1. The van der Waals surface area contributed by atoms with Crippen molar-refractivity contribution >= 4 is 15.9 Å². The molecule has 138 valence electrons. The molecule has 1 aliphatic carbocycles. The van der Waals surface area contributed by atoms with Crippen LogP contribution in [0.2, 0.25) is 0 Å². The highest BCUT2D eigenvalue weighted by Gasteiger charge is 2.36. The summed E-state index contributed by atoms with van der Waals surface area (Å²) < 4.78 is 28.1. The fourth-order valence-corrected chi connectivity index (χ4v) is 5.58. The Bertz CT molecular complexity index is 708. The van der Waals surface area contributed by atoms with Crippen molar-refractivity contribution in [3.63, 3.8) is 0 Å². The Morgan fingerprint density at radius 3 is 2.48 bits per heavy atom. The first-order valence-electron chi connectivity index (χ1n) is 9.06. The number of benzene rings is 1. The standard InChI is InChI=1S/C18H27N3O3S/c1-15-6-2-5-9-17(15)25(23,24)21(16-7-3-4-8-16)14-18(22)20-12-10-19-11-13-20/h2,5-6,9,16,19H,3-4,7-8,10-14H2,1H3. The van der Waals surface area contributed by atoms with Gasteiger partial charge in [-0.2, -0.15) is 4.31 Å². The summed E-state index contributed by atoms with van der Waals surface area (Å²) in [6, 6.07) is 6.95. The topological polar surface area (TPSA) is 69.7 Å². The molecule has 0 unspecified atom stereocenters. The van der Waals surface area contributed by atoms with E-state index in [1.807, 2.05) is 6.07 Å². The number of amides is 1. The second-order valence-corrected chi connectivity index (χ2v) is 8.74. The van der Waals surface area contributed by atoms with E-state index < -0.39 is 10.0 Å². The minimum Gasteiger partial charge on any atom is -0.339 e. The molecule has 0 aromatic heterocycles. The molecule has 2 fully saturated rings. The van der Waals surface area contributed by atoms with Gasteiger partial charge >= 0.3 is 0 Å². The third-order valence-corrected chi connectivity index (χ3v) is 7.23. The van der Waals surface area contributed by atoms with Gasteiger partial charge in [0, 0.05) is 32.2 Å². The molecule has 1 saturated carbocycles. The quantitative estimate of drug-likeness (QED) is 0.855. The molecule has 1 heterocycles. The highest BCUT2D eigenvalue weighted by atomic mass is 32.2. The van der Waals surface area contributed by atoms with Crippen LogP contribution < -0.4 is 5.32 Å². The first-order valence-corrected chi connectivity index (χ1v) is 10.5. The summed E-state index contributed by atoms with van der Waals surface area (Å²) in [6.07, 6.45) is 3.71. The van der Waals surface area contributed by atoms with E-state index in [4.69, 9.17) is 0 Å². The van der Waals surface area contributed by atoms with Crippen molar-refractivity contribution in [3.8, 4) is 0 Å². The molecule has 7 heteroatoms. The van der Waals surface area contributed by atoms with E-state index in [9.17, 15) is 13.2 Å². The number of carbonyl (C=O) groups excluding carboxylic acids is 1. The van der Waals surface area contributed by atoms with Gasteiger partial charge in [-0.15, -0.1) is 0 Å². The zero-order chi connectivity index (χ0) is 17.9. The Labute approximate surface area is 150 Å². The molecule has 0 radical (unpaired) electrons. The van der Waals surface area contributed by atoms with E-state index in [1.54, 1.807) is 30.0 Å². The zero-order valence-electron chi connectivity index (χ0n) is 14.8. The predicted octanol–water partition coefficient (Wildman–Crippen LogP) is 1.36. The van der Waals surface area contributed by atoms with Crippen LogP contribution in [-0.2, 0) is 14.8 Å². The average molecular weight is 365 g/mol. The molecular formula is C18H27N3O3S. The minimum absolute atomic E-state index is 0.0542. The summed E-state index contributed by atoms with van der Waals surface area (Å²) in [4.78, 5) is 14.8. The maximum Gasteiger partial charge on any atom is 0.244 e. The molecule has 1 aromatic carbocycles. The number of aryl methyl sites for hydroxylation is 1. The van der Waals surface area contributed by atoms with Crippen LogP contribution in [0, 0.1) is 6.92 Å². The number of nitrogens with one attached hydrogen (secondary N) is 1. The summed E-state index contributed by atoms with van der Waals surface area (Å²) in [5.74, 6) is -0.0921. The highest BCUT2D eigenvalue weighted by molar-refractivity contribution is 7.89. The monoisotopic (exact) mass is 365 g/mol. The smallest absolute Gasteiger partial charge is 0.244 e. The molecule has 2 aliphatic rings. The second-order valence-electron chi connectivity index (χ2n) is 6.88. The van der Waals surface area contributed by atoms with Gasteiger partial charge in [0.2, 0.25) is 15.9 Å². The van der Waals surface area contributed by atoms with E-state index in [2.05, 4.69) is 5.32 Å². The van der Waals surface area contributed by atoms with Gasteiger partial charge in [0.1, 0.15) is 0 Å². The van der Waals surface area contributed by atoms with Crippen molar-refractivity contribution in [3.05, 3.63) is 29.8 Å². The van der Waals surface area contributed by atoms with E-state index in [0.717, 1.165) is 44.3 Å². The number of hydrogen-bond acceptors (Lipinski definition) is 4. The van der Waals surface area contributed by atoms with E-state index in [-0.39, 0.29) is 18.5 Å². The van der Waals surface area contributed by atoms with Gasteiger partial charge in [-0.1, -0.05) is 31.0 Å². The summed E-state index contributed by atoms with van der Waals surface area (Å²) in [6.45, 7) is 4.56. The normalized spacial score (nSPS) is 19.5. The molecule has 1 aliphatic heterocycles. The predicted molar refractivity (Wildman–Crippen MR) is 96.8 cm³/mol. The molecule has 1 saturated heterocycles. The van der Waals surface area contributed by atoms with Gasteiger partial charge in [0.05, 0.1) is 11.4 Å². The fourth-order valence-electron chi connectivity index (χ4n) is 3.72. The van der Waals surface area contributed by atoms with E-state index >= 15 is 0 Å². The molecule has 0 bridgehead atoms. The average Bonchev–Trinajstić information content (AvgIpc) is 3.14. The SMILES string of the molecule is Cc1ccccc1S(=O)(=O)N(CC(=O)N1CCNCC1)C1CCCC1. The first kappa shape index (κ1) is 18.4. The van der Waals surface area contributed by atoms with Gasteiger partial charge in [-0.05, 0) is 31.4 Å². The van der Waals surface area contributed by atoms with Crippen LogP contribution in [-0.4, -0.2) is 62.3 Å². The van der Waals surface area contributed by atoms with E-state index in [1.165, 1.54) is 4.31 Å². The molecule has 3 rings (SSSR count). The van der Waals surface area contributed by atoms with Gasteiger partial charge in [-0.25, -0.2) is 8.42 Å². The van der Waals surface area contributed by atoms with E-state index in [0.29, 0.717) is 18.0 Å². The Morgan fingerprint density at radius 2 is 1.84 bits per heavy atom. The summed E-state index contributed by atoms with van der Waals surface area (Å²) in [7, 11) is -3.68. The van der Waals surface area contributed by atoms with Gasteiger partial charge in [0.15, 0.2) is 0 Å². The van der Waals surface area contributed by atoms with Crippen molar-refractivity contribution in [1.82, 2.24) is 14.5 Å². The molecular weight excluding hydrogens is 338 g/mol. The summed E-state index contributed by atoms with van der Waals surface area (Å²) in [5, 5.41) is 3.22. The van der Waals surface area contributed by atoms with Crippen molar-refractivity contribution in [2.75, 3.05) is 32.7 Å². The number of nitrogens with zero attached hydrogens (tertiary/aromatic N) is 2. The number of rotatable bonds is 5. The third kappa shape index (κ3) is 4.04. The lowest BCUT2D eigenvalue weighted by Crippen LogP contribution is -2.51. The number of piperazine rings is 1. The fraction of sp³-hybridized carbons (Fsp3) is 0.611. The summed E-state index contributed by atoms with van der Waals surface area (Å²) in [5.41, 5.74) is 0.722. The van der Waals surface area contributed by atoms with Crippen LogP contribution in [0.15, 0.2) is 29.2 Å². The van der Waals surface area contributed by atoms with Crippen molar-refractivity contribution in [2.45, 2.75) is 43.5 Å². The maximum atomic E-state index is 13.3. The Kier molecular flexibility index (Phi) is 5.76. The number of sulfonamides is 1. The molecule has 6 nitrogen and oxygen atoms in total. The lowest BCUT2D eigenvalue weighted by molar-refractivity contribution is -0.132. The maximum absolute atomic E-state index is 13.3. The Hall–Kier alpha value is -1.44. The summed E-state index contributed by atoms with van der Waals surface area (Å²) >= 11 is 0. The Balaban J connectivity index is 1.86. The largest absolute Gasteiger partial charge is 0.339 e. The molecule has 25 heavy (non-hydrogen) atoms. The Morgan fingerprint density at radius 1 is 1.20 bits per heavy atom.